The van der Waals surface area contributed by atoms with Crippen LogP contribution in [0.5, 0.6) is 0 Å². The summed E-state index contributed by atoms with van der Waals surface area (Å²) in [5.74, 6) is -0.197. The number of nitrogens with zero attached hydrogens (tertiary/aromatic N) is 2. The topological polar surface area (TPSA) is 118 Å². The molecule has 2 amide bonds. The molecule has 0 aliphatic carbocycles. The highest BCUT2D eigenvalue weighted by Crippen LogP contribution is 2.25. The molecule has 0 spiro atoms. The smallest absolute Gasteiger partial charge is 0.335 e. The lowest BCUT2D eigenvalue weighted by atomic mass is 10.1. The SMILES string of the molecule is CC1CC(=O)NC(n2nc(-c3ccccc3)cc2NC(=O)c2ccc(=O)oc2)N1. The van der Waals surface area contributed by atoms with Crippen LogP contribution in [0.2, 0.25) is 0 Å². The van der Waals surface area contributed by atoms with Crippen molar-refractivity contribution in [2.45, 2.75) is 25.7 Å². The molecule has 0 saturated carbocycles. The molecule has 0 radical (unpaired) electrons. The minimum atomic E-state index is -0.618. The number of hydrogen-bond acceptors (Lipinski definition) is 6. The van der Waals surface area contributed by atoms with Crippen molar-refractivity contribution in [1.29, 1.82) is 0 Å². The molecule has 3 N–H and O–H groups in total. The molecule has 9 heteroatoms. The Labute approximate surface area is 165 Å². The van der Waals surface area contributed by atoms with Gasteiger partial charge in [-0.1, -0.05) is 30.3 Å². The highest BCUT2D eigenvalue weighted by molar-refractivity contribution is 6.03. The Hall–Kier alpha value is -3.72. The summed E-state index contributed by atoms with van der Waals surface area (Å²) in [5, 5.41) is 13.4. The highest BCUT2D eigenvalue weighted by Gasteiger charge is 2.27. The first-order valence-electron chi connectivity index (χ1n) is 9.10. The molecule has 0 bridgehead atoms. The van der Waals surface area contributed by atoms with E-state index in [1.807, 2.05) is 37.3 Å². The van der Waals surface area contributed by atoms with Crippen LogP contribution in [0.15, 0.2) is 64.0 Å². The summed E-state index contributed by atoms with van der Waals surface area (Å²) >= 11 is 0. The zero-order valence-corrected chi connectivity index (χ0v) is 15.6. The number of hydrogen-bond donors (Lipinski definition) is 3. The molecule has 1 aliphatic heterocycles. The largest absolute Gasteiger partial charge is 0.430 e. The second kappa shape index (κ2) is 7.72. The maximum absolute atomic E-state index is 12.6. The Morgan fingerprint density at radius 2 is 2.00 bits per heavy atom. The number of aromatic nitrogens is 2. The van der Waals surface area contributed by atoms with E-state index in [-0.39, 0.29) is 17.5 Å². The van der Waals surface area contributed by atoms with Crippen molar-refractivity contribution in [3.8, 4) is 11.3 Å². The third-order valence-electron chi connectivity index (χ3n) is 4.49. The van der Waals surface area contributed by atoms with E-state index in [1.165, 1.54) is 16.8 Å². The number of rotatable bonds is 4. The average molecular weight is 393 g/mol. The molecule has 9 nitrogen and oxygen atoms in total. The van der Waals surface area contributed by atoms with Crippen molar-refractivity contribution in [1.82, 2.24) is 20.4 Å². The van der Waals surface area contributed by atoms with E-state index < -0.39 is 17.8 Å². The molecule has 1 saturated heterocycles. The van der Waals surface area contributed by atoms with Gasteiger partial charge in [-0.05, 0) is 13.0 Å². The predicted molar refractivity (Wildman–Crippen MR) is 105 cm³/mol. The van der Waals surface area contributed by atoms with E-state index in [9.17, 15) is 14.4 Å². The van der Waals surface area contributed by atoms with Crippen LogP contribution >= 0.6 is 0 Å². The molecule has 4 rings (SSSR count). The van der Waals surface area contributed by atoms with E-state index in [0.29, 0.717) is 17.9 Å². The van der Waals surface area contributed by atoms with Gasteiger partial charge in [-0.15, -0.1) is 0 Å². The fraction of sp³-hybridized carbons (Fsp3) is 0.200. The van der Waals surface area contributed by atoms with Crippen LogP contribution in [0.3, 0.4) is 0 Å². The van der Waals surface area contributed by atoms with Gasteiger partial charge in [0.2, 0.25) is 5.91 Å². The first kappa shape index (κ1) is 18.6. The molecule has 1 aliphatic rings. The molecule has 1 fully saturated rings. The molecular weight excluding hydrogens is 374 g/mol. The molecule has 1 aromatic carbocycles. The van der Waals surface area contributed by atoms with Gasteiger partial charge in [-0.2, -0.15) is 5.10 Å². The van der Waals surface area contributed by atoms with Gasteiger partial charge in [-0.3, -0.25) is 14.9 Å². The van der Waals surface area contributed by atoms with Crippen molar-refractivity contribution in [2.24, 2.45) is 0 Å². The van der Waals surface area contributed by atoms with Gasteiger partial charge in [0.05, 0.1) is 11.3 Å². The summed E-state index contributed by atoms with van der Waals surface area (Å²) in [6.07, 6.45) is 0.834. The van der Waals surface area contributed by atoms with Crippen LogP contribution in [-0.4, -0.2) is 27.6 Å². The Morgan fingerprint density at radius 3 is 2.69 bits per heavy atom. The number of nitrogens with one attached hydrogen (secondary N) is 3. The number of benzene rings is 1. The Kier molecular flexibility index (Phi) is 4.96. The van der Waals surface area contributed by atoms with Gasteiger partial charge in [0.15, 0.2) is 6.29 Å². The van der Waals surface area contributed by atoms with E-state index in [2.05, 4.69) is 21.0 Å². The summed E-state index contributed by atoms with van der Waals surface area (Å²) in [6.45, 7) is 1.90. The predicted octanol–water partition coefficient (Wildman–Crippen LogP) is 1.71. The zero-order valence-electron chi connectivity index (χ0n) is 15.6. The molecule has 3 heterocycles. The molecule has 29 heavy (non-hydrogen) atoms. The summed E-state index contributed by atoms with van der Waals surface area (Å²) in [5.41, 5.74) is 1.14. The zero-order chi connectivity index (χ0) is 20.4. The second-order valence-corrected chi connectivity index (χ2v) is 6.76. The summed E-state index contributed by atoms with van der Waals surface area (Å²) in [6, 6.07) is 13.7. The maximum atomic E-state index is 12.6. The monoisotopic (exact) mass is 393 g/mol. The van der Waals surface area contributed by atoms with E-state index >= 15 is 0 Å². The normalized spacial score (nSPS) is 18.9. The van der Waals surface area contributed by atoms with Crippen molar-refractivity contribution in [2.75, 3.05) is 5.32 Å². The third kappa shape index (κ3) is 4.09. The Bertz CT molecular complexity index is 1090. The van der Waals surface area contributed by atoms with Crippen LogP contribution in [0.4, 0.5) is 5.82 Å². The Morgan fingerprint density at radius 1 is 1.21 bits per heavy atom. The standard InChI is InChI=1S/C20H19N5O4/c1-12-9-17(26)23-20(21-12)25-16(10-15(24-25)13-5-3-2-4-6-13)22-19(28)14-7-8-18(27)29-11-14/h2-8,10-12,20-21H,9H2,1H3,(H,22,28)(H,23,26). The average Bonchev–Trinajstić information content (AvgIpc) is 3.12. The molecule has 2 unspecified atom stereocenters. The highest BCUT2D eigenvalue weighted by atomic mass is 16.4. The van der Waals surface area contributed by atoms with Gasteiger partial charge in [-0.25, -0.2) is 9.48 Å². The summed E-state index contributed by atoms with van der Waals surface area (Å²) in [7, 11) is 0. The molecule has 2 atom stereocenters. The van der Waals surface area contributed by atoms with Gasteiger partial charge in [0.1, 0.15) is 12.1 Å². The lowest BCUT2D eigenvalue weighted by Crippen LogP contribution is -2.52. The quantitative estimate of drug-likeness (QED) is 0.621. The van der Waals surface area contributed by atoms with Gasteiger partial charge in [0, 0.05) is 30.2 Å². The molecular formula is C20H19N5O4. The summed E-state index contributed by atoms with van der Waals surface area (Å²) in [4.78, 5) is 35.7. The third-order valence-corrected chi connectivity index (χ3v) is 4.49. The van der Waals surface area contributed by atoms with Crippen LogP contribution in [-0.2, 0) is 4.79 Å². The lowest BCUT2D eigenvalue weighted by molar-refractivity contribution is -0.125. The van der Waals surface area contributed by atoms with Crippen molar-refractivity contribution >= 4 is 17.6 Å². The minimum Gasteiger partial charge on any atom is -0.430 e. The van der Waals surface area contributed by atoms with Crippen LogP contribution in [0.1, 0.15) is 30.0 Å². The van der Waals surface area contributed by atoms with Crippen LogP contribution in [0, 0.1) is 0 Å². The number of carbonyl (C=O) groups is 2. The van der Waals surface area contributed by atoms with Crippen molar-refractivity contribution in [3.05, 3.63) is 70.8 Å². The van der Waals surface area contributed by atoms with Gasteiger partial charge >= 0.3 is 5.63 Å². The van der Waals surface area contributed by atoms with Gasteiger partial charge in [0.25, 0.3) is 5.91 Å². The first-order valence-corrected chi connectivity index (χ1v) is 9.10. The van der Waals surface area contributed by atoms with E-state index in [0.717, 1.165) is 11.8 Å². The van der Waals surface area contributed by atoms with Gasteiger partial charge < -0.3 is 15.1 Å². The molecule has 3 aromatic rings. The fourth-order valence-electron chi connectivity index (χ4n) is 3.10. The lowest BCUT2D eigenvalue weighted by Gasteiger charge is -2.30. The van der Waals surface area contributed by atoms with Crippen molar-refractivity contribution < 1.29 is 14.0 Å². The number of amides is 2. The van der Waals surface area contributed by atoms with E-state index in [4.69, 9.17) is 4.42 Å². The number of carbonyl (C=O) groups excluding carboxylic acids is 2. The van der Waals surface area contributed by atoms with Crippen molar-refractivity contribution in [3.63, 3.8) is 0 Å². The number of anilines is 1. The fourth-order valence-corrected chi connectivity index (χ4v) is 3.10. The molecule has 148 valence electrons. The molecule has 2 aromatic heterocycles. The summed E-state index contributed by atoms with van der Waals surface area (Å²) < 4.78 is 6.28. The minimum absolute atomic E-state index is 0.0509. The van der Waals surface area contributed by atoms with Crippen LogP contribution < -0.4 is 21.6 Å². The first-order chi connectivity index (χ1) is 14.0. The Balaban J connectivity index is 1.69. The van der Waals surface area contributed by atoms with E-state index in [1.54, 1.807) is 6.07 Å². The maximum Gasteiger partial charge on any atom is 0.335 e. The second-order valence-electron chi connectivity index (χ2n) is 6.76. The van der Waals surface area contributed by atoms with Crippen LogP contribution in [0.25, 0.3) is 11.3 Å².